The molecule has 1 aromatic heterocycles. The van der Waals surface area contributed by atoms with Crippen LogP contribution in [0.3, 0.4) is 0 Å². The van der Waals surface area contributed by atoms with Crippen LogP contribution in [0.5, 0.6) is 0 Å². The van der Waals surface area contributed by atoms with E-state index in [2.05, 4.69) is 23.7 Å². The van der Waals surface area contributed by atoms with Gasteiger partial charge in [-0.15, -0.1) is 0 Å². The molecule has 2 heterocycles. The third-order valence-corrected chi connectivity index (χ3v) is 4.16. The van der Waals surface area contributed by atoms with Crippen molar-refractivity contribution in [1.29, 1.82) is 0 Å². The molecule has 0 aromatic carbocycles. The van der Waals surface area contributed by atoms with Crippen LogP contribution in [0, 0.1) is 5.92 Å². The molecule has 0 radical (unpaired) electrons. The second kappa shape index (κ2) is 3.79. The van der Waals surface area contributed by atoms with E-state index in [4.69, 9.17) is 4.98 Å². The molecule has 0 amide bonds. The van der Waals surface area contributed by atoms with E-state index in [0.717, 1.165) is 18.4 Å². The van der Waals surface area contributed by atoms with Crippen molar-refractivity contribution in [1.82, 2.24) is 9.55 Å². The molecule has 2 atom stereocenters. The number of hydrogen-bond donors (Lipinski definition) is 1. The number of imidazole rings is 1. The largest absolute Gasteiger partial charge is 0.355 e. The third kappa shape index (κ3) is 1.37. The Kier molecular flexibility index (Phi) is 2.41. The second-order valence-corrected chi connectivity index (χ2v) is 5.24. The molecule has 1 aliphatic carbocycles. The summed E-state index contributed by atoms with van der Waals surface area (Å²) in [6.45, 7) is 5.72. The molecular weight excluding hydrogens is 198 g/mol. The van der Waals surface area contributed by atoms with Gasteiger partial charge in [-0.3, -0.25) is 0 Å². The lowest BCUT2D eigenvalue weighted by atomic mass is 9.95. The molecule has 1 N–H and O–H groups in total. The molecule has 0 bridgehead atoms. The number of anilines is 1. The first kappa shape index (κ1) is 10.2. The van der Waals surface area contributed by atoms with E-state index in [9.17, 15) is 0 Å². The number of hydrogen-bond acceptors (Lipinski definition) is 2. The highest BCUT2D eigenvalue weighted by Crippen LogP contribution is 2.35. The molecule has 16 heavy (non-hydrogen) atoms. The van der Waals surface area contributed by atoms with Crippen LogP contribution in [0.1, 0.15) is 50.5 Å². The fourth-order valence-corrected chi connectivity index (χ4v) is 3.27. The summed E-state index contributed by atoms with van der Waals surface area (Å²) < 4.78 is 2.50. The molecule has 2 aliphatic rings. The predicted molar refractivity (Wildman–Crippen MR) is 65.9 cm³/mol. The number of nitrogens with zero attached hydrogens (tertiary/aromatic N) is 2. The molecule has 0 saturated heterocycles. The quantitative estimate of drug-likeness (QED) is 0.787. The number of aryl methyl sites for hydroxylation is 1. The molecule has 2 unspecified atom stereocenters. The average molecular weight is 219 g/mol. The fourth-order valence-electron chi connectivity index (χ4n) is 3.27. The van der Waals surface area contributed by atoms with Crippen molar-refractivity contribution in [3.05, 3.63) is 11.4 Å². The Bertz CT molecular complexity index is 394. The molecule has 3 rings (SSSR count). The highest BCUT2D eigenvalue weighted by molar-refractivity contribution is 5.38. The molecule has 0 spiro atoms. The van der Waals surface area contributed by atoms with Gasteiger partial charge in [0.15, 0.2) is 0 Å². The predicted octanol–water partition coefficient (Wildman–Crippen LogP) is 2.77. The van der Waals surface area contributed by atoms with Crippen molar-refractivity contribution in [2.24, 2.45) is 5.92 Å². The zero-order chi connectivity index (χ0) is 11.1. The molecule has 0 fully saturated rings. The van der Waals surface area contributed by atoms with Crippen LogP contribution in [-0.4, -0.2) is 16.1 Å². The normalized spacial score (nSPS) is 28.1. The van der Waals surface area contributed by atoms with Gasteiger partial charge in [0, 0.05) is 18.3 Å². The van der Waals surface area contributed by atoms with Crippen LogP contribution in [-0.2, 0) is 12.8 Å². The SMILES string of the molecule is CCC1C(C)CNc2nc3c(n21)CCCC3. The molecule has 0 saturated carbocycles. The second-order valence-electron chi connectivity index (χ2n) is 5.24. The standard InChI is InChI=1S/C13H21N3/c1-3-11-9(2)8-14-13-15-10-6-4-5-7-12(10)16(11)13/h9,11H,3-8H2,1-2H3,(H,14,15). The molecule has 1 aromatic rings. The summed E-state index contributed by atoms with van der Waals surface area (Å²) in [6.07, 6.45) is 6.28. The average Bonchev–Trinajstić information content (AvgIpc) is 2.68. The Labute approximate surface area is 97.3 Å². The zero-order valence-corrected chi connectivity index (χ0v) is 10.3. The molecular formula is C13H21N3. The Morgan fingerprint density at radius 1 is 1.38 bits per heavy atom. The van der Waals surface area contributed by atoms with Crippen LogP contribution in [0.15, 0.2) is 0 Å². The highest BCUT2D eigenvalue weighted by atomic mass is 15.3. The minimum absolute atomic E-state index is 0.658. The van der Waals surface area contributed by atoms with Crippen molar-refractivity contribution in [3.63, 3.8) is 0 Å². The molecule has 88 valence electrons. The first-order valence-corrected chi connectivity index (χ1v) is 6.65. The van der Waals surface area contributed by atoms with E-state index in [-0.39, 0.29) is 0 Å². The van der Waals surface area contributed by atoms with Crippen LogP contribution in [0.2, 0.25) is 0 Å². The first-order chi connectivity index (χ1) is 7.81. The van der Waals surface area contributed by atoms with E-state index < -0.39 is 0 Å². The zero-order valence-electron chi connectivity index (χ0n) is 10.3. The van der Waals surface area contributed by atoms with Crippen molar-refractivity contribution in [2.75, 3.05) is 11.9 Å². The topological polar surface area (TPSA) is 29.9 Å². The lowest BCUT2D eigenvalue weighted by Gasteiger charge is -2.33. The van der Waals surface area contributed by atoms with E-state index in [1.54, 1.807) is 0 Å². The van der Waals surface area contributed by atoms with E-state index in [1.165, 1.54) is 43.5 Å². The third-order valence-electron chi connectivity index (χ3n) is 4.16. The van der Waals surface area contributed by atoms with Crippen molar-refractivity contribution in [2.45, 2.75) is 52.0 Å². The maximum absolute atomic E-state index is 4.78. The number of nitrogens with one attached hydrogen (secondary N) is 1. The first-order valence-electron chi connectivity index (χ1n) is 6.65. The maximum atomic E-state index is 4.78. The number of aromatic nitrogens is 2. The van der Waals surface area contributed by atoms with Crippen molar-refractivity contribution < 1.29 is 0 Å². The maximum Gasteiger partial charge on any atom is 0.203 e. The van der Waals surface area contributed by atoms with Gasteiger partial charge in [0.1, 0.15) is 0 Å². The number of rotatable bonds is 1. The van der Waals surface area contributed by atoms with Crippen molar-refractivity contribution >= 4 is 5.95 Å². The summed E-state index contributed by atoms with van der Waals surface area (Å²) in [5, 5.41) is 3.49. The Balaban J connectivity index is 2.08. The van der Waals surface area contributed by atoms with Gasteiger partial charge in [-0.2, -0.15) is 0 Å². The monoisotopic (exact) mass is 219 g/mol. The summed E-state index contributed by atoms with van der Waals surface area (Å²) in [6, 6.07) is 0.658. The summed E-state index contributed by atoms with van der Waals surface area (Å²) >= 11 is 0. The minimum Gasteiger partial charge on any atom is -0.355 e. The van der Waals surface area contributed by atoms with Crippen LogP contribution < -0.4 is 5.32 Å². The van der Waals surface area contributed by atoms with Gasteiger partial charge in [-0.05, 0) is 38.0 Å². The molecule has 1 aliphatic heterocycles. The molecule has 3 heteroatoms. The fraction of sp³-hybridized carbons (Fsp3) is 0.769. The smallest absolute Gasteiger partial charge is 0.203 e. The van der Waals surface area contributed by atoms with Gasteiger partial charge in [0.05, 0.1) is 5.69 Å². The summed E-state index contributed by atoms with van der Waals surface area (Å²) in [5.41, 5.74) is 2.88. The van der Waals surface area contributed by atoms with E-state index >= 15 is 0 Å². The van der Waals surface area contributed by atoms with Gasteiger partial charge >= 0.3 is 0 Å². The van der Waals surface area contributed by atoms with Gasteiger partial charge < -0.3 is 9.88 Å². The summed E-state index contributed by atoms with van der Waals surface area (Å²) in [4.78, 5) is 4.78. The summed E-state index contributed by atoms with van der Waals surface area (Å²) in [5.74, 6) is 1.86. The van der Waals surface area contributed by atoms with Crippen LogP contribution >= 0.6 is 0 Å². The van der Waals surface area contributed by atoms with Crippen LogP contribution in [0.4, 0.5) is 5.95 Å². The van der Waals surface area contributed by atoms with E-state index in [1.807, 2.05) is 0 Å². The Hall–Kier alpha value is -0.990. The number of fused-ring (bicyclic) bond motifs is 3. The van der Waals surface area contributed by atoms with E-state index in [0.29, 0.717) is 6.04 Å². The minimum atomic E-state index is 0.658. The van der Waals surface area contributed by atoms with Crippen LogP contribution in [0.25, 0.3) is 0 Å². The van der Waals surface area contributed by atoms with Crippen molar-refractivity contribution in [3.8, 4) is 0 Å². The van der Waals surface area contributed by atoms with Gasteiger partial charge in [-0.25, -0.2) is 4.98 Å². The van der Waals surface area contributed by atoms with Gasteiger partial charge in [0.2, 0.25) is 5.95 Å². The Morgan fingerprint density at radius 3 is 3.00 bits per heavy atom. The van der Waals surface area contributed by atoms with Gasteiger partial charge in [0.25, 0.3) is 0 Å². The highest BCUT2D eigenvalue weighted by Gasteiger charge is 2.30. The lowest BCUT2D eigenvalue weighted by Crippen LogP contribution is -2.31. The van der Waals surface area contributed by atoms with Gasteiger partial charge in [-0.1, -0.05) is 13.8 Å². The summed E-state index contributed by atoms with van der Waals surface area (Å²) in [7, 11) is 0. The molecule has 3 nitrogen and oxygen atoms in total. The Morgan fingerprint density at radius 2 is 2.19 bits per heavy atom. The lowest BCUT2D eigenvalue weighted by molar-refractivity contribution is 0.329.